The summed E-state index contributed by atoms with van der Waals surface area (Å²) >= 11 is 1.50. The molecule has 0 radical (unpaired) electrons. The zero-order chi connectivity index (χ0) is 18.0. The number of amides is 2. The summed E-state index contributed by atoms with van der Waals surface area (Å²) in [5.74, 6) is -1.63. The highest BCUT2D eigenvalue weighted by Gasteiger charge is 2.27. The Kier molecular flexibility index (Phi) is 10.6. The number of hydrogen-bond donors (Lipinski definition) is 5. The standard InChI is InChI=1S/C14H27N3O5S/c1-8(2)6-11(14(21)22)17-13(20)10(4-5-23-3)16-12(19)9(15)7-18/h8-11,18H,4-7,15H2,1-3H3,(H,16,19)(H,17,20)(H,21,22)/t9-,10-,11-/m0/s1. The van der Waals surface area contributed by atoms with Crippen LogP contribution in [0.2, 0.25) is 0 Å². The van der Waals surface area contributed by atoms with Crippen LogP contribution >= 0.6 is 11.8 Å². The lowest BCUT2D eigenvalue weighted by atomic mass is 10.0. The fourth-order valence-corrected chi connectivity index (χ4v) is 2.30. The Morgan fingerprint density at radius 1 is 1.13 bits per heavy atom. The molecule has 0 aliphatic heterocycles. The van der Waals surface area contributed by atoms with Crippen LogP contribution in [-0.2, 0) is 14.4 Å². The highest BCUT2D eigenvalue weighted by molar-refractivity contribution is 7.98. The molecule has 0 aromatic carbocycles. The predicted molar refractivity (Wildman–Crippen MR) is 89.0 cm³/mol. The van der Waals surface area contributed by atoms with E-state index in [1.807, 2.05) is 20.1 Å². The van der Waals surface area contributed by atoms with Crippen molar-refractivity contribution in [3.8, 4) is 0 Å². The molecule has 0 saturated heterocycles. The van der Waals surface area contributed by atoms with Crippen LogP contribution < -0.4 is 16.4 Å². The van der Waals surface area contributed by atoms with Crippen LogP contribution in [0.5, 0.6) is 0 Å². The minimum Gasteiger partial charge on any atom is -0.480 e. The van der Waals surface area contributed by atoms with Crippen LogP contribution in [0.25, 0.3) is 0 Å². The van der Waals surface area contributed by atoms with Gasteiger partial charge in [-0.3, -0.25) is 9.59 Å². The normalized spacial score (nSPS) is 14.9. The van der Waals surface area contributed by atoms with E-state index in [1.165, 1.54) is 11.8 Å². The van der Waals surface area contributed by atoms with Crippen LogP contribution in [0.15, 0.2) is 0 Å². The Labute approximate surface area is 140 Å². The first-order valence-electron chi connectivity index (χ1n) is 7.41. The van der Waals surface area contributed by atoms with Crippen molar-refractivity contribution in [2.75, 3.05) is 18.6 Å². The second kappa shape index (κ2) is 11.3. The molecule has 0 bridgehead atoms. The lowest BCUT2D eigenvalue weighted by Crippen LogP contribution is -2.55. The van der Waals surface area contributed by atoms with E-state index in [0.717, 1.165) is 0 Å². The van der Waals surface area contributed by atoms with E-state index in [-0.39, 0.29) is 5.92 Å². The summed E-state index contributed by atoms with van der Waals surface area (Å²) in [5, 5.41) is 23.0. The summed E-state index contributed by atoms with van der Waals surface area (Å²) in [6.07, 6.45) is 2.49. The van der Waals surface area contributed by atoms with Gasteiger partial charge in [0.25, 0.3) is 0 Å². The van der Waals surface area contributed by atoms with Crippen molar-refractivity contribution < 1.29 is 24.6 Å². The highest BCUT2D eigenvalue weighted by Crippen LogP contribution is 2.07. The van der Waals surface area contributed by atoms with Crippen LogP contribution in [0.3, 0.4) is 0 Å². The summed E-state index contributed by atoms with van der Waals surface area (Å²) in [4.78, 5) is 35.3. The van der Waals surface area contributed by atoms with Crippen molar-refractivity contribution in [2.45, 2.75) is 44.8 Å². The molecule has 0 aliphatic carbocycles. The second-order valence-electron chi connectivity index (χ2n) is 5.66. The molecule has 0 aromatic rings. The maximum Gasteiger partial charge on any atom is 0.326 e. The molecule has 0 heterocycles. The van der Waals surface area contributed by atoms with Crippen LogP contribution in [0.4, 0.5) is 0 Å². The highest BCUT2D eigenvalue weighted by atomic mass is 32.2. The molecule has 6 N–H and O–H groups in total. The number of aliphatic hydroxyl groups excluding tert-OH is 1. The smallest absolute Gasteiger partial charge is 0.326 e. The molecule has 0 aliphatic rings. The topological polar surface area (TPSA) is 142 Å². The van der Waals surface area contributed by atoms with Gasteiger partial charge in [-0.15, -0.1) is 0 Å². The van der Waals surface area contributed by atoms with Gasteiger partial charge >= 0.3 is 5.97 Å². The maximum atomic E-state index is 12.3. The van der Waals surface area contributed by atoms with Gasteiger partial charge in [0.1, 0.15) is 18.1 Å². The zero-order valence-electron chi connectivity index (χ0n) is 13.7. The monoisotopic (exact) mass is 349 g/mol. The largest absolute Gasteiger partial charge is 0.480 e. The second-order valence-corrected chi connectivity index (χ2v) is 6.65. The molecule has 0 aromatic heterocycles. The molecule has 8 nitrogen and oxygen atoms in total. The van der Waals surface area contributed by atoms with Gasteiger partial charge < -0.3 is 26.6 Å². The zero-order valence-corrected chi connectivity index (χ0v) is 14.6. The number of rotatable bonds is 11. The van der Waals surface area contributed by atoms with E-state index in [9.17, 15) is 19.5 Å². The number of carbonyl (C=O) groups excluding carboxylic acids is 2. The first-order valence-corrected chi connectivity index (χ1v) is 8.81. The molecule has 23 heavy (non-hydrogen) atoms. The predicted octanol–water partition coefficient (Wildman–Crippen LogP) is -0.841. The van der Waals surface area contributed by atoms with Gasteiger partial charge in [0, 0.05) is 0 Å². The minimum atomic E-state index is -1.12. The molecule has 2 amide bonds. The van der Waals surface area contributed by atoms with E-state index >= 15 is 0 Å². The summed E-state index contributed by atoms with van der Waals surface area (Å²) in [6, 6.07) is -3.02. The molecule has 0 rings (SSSR count). The van der Waals surface area contributed by atoms with Crippen LogP contribution in [0, 0.1) is 5.92 Å². The Balaban J connectivity index is 4.89. The Morgan fingerprint density at radius 3 is 2.13 bits per heavy atom. The quantitative estimate of drug-likeness (QED) is 0.327. The number of carboxylic acid groups (broad SMARTS) is 1. The number of aliphatic hydroxyl groups is 1. The minimum absolute atomic E-state index is 0.0958. The van der Waals surface area contributed by atoms with Gasteiger partial charge in [0.05, 0.1) is 6.61 Å². The molecule has 9 heteroatoms. The fraction of sp³-hybridized carbons (Fsp3) is 0.786. The fourth-order valence-electron chi connectivity index (χ4n) is 1.83. The third-order valence-corrected chi connectivity index (χ3v) is 3.74. The van der Waals surface area contributed by atoms with E-state index in [0.29, 0.717) is 18.6 Å². The van der Waals surface area contributed by atoms with Crippen molar-refractivity contribution in [2.24, 2.45) is 11.7 Å². The molecule has 3 atom stereocenters. The van der Waals surface area contributed by atoms with Gasteiger partial charge in [-0.2, -0.15) is 11.8 Å². The van der Waals surface area contributed by atoms with E-state index in [4.69, 9.17) is 10.8 Å². The number of nitrogens with two attached hydrogens (primary N) is 1. The average molecular weight is 349 g/mol. The summed E-state index contributed by atoms with van der Waals surface area (Å²) in [7, 11) is 0. The lowest BCUT2D eigenvalue weighted by Gasteiger charge is -2.23. The van der Waals surface area contributed by atoms with Gasteiger partial charge in [-0.05, 0) is 30.8 Å². The van der Waals surface area contributed by atoms with Crippen molar-refractivity contribution in [1.82, 2.24) is 10.6 Å². The van der Waals surface area contributed by atoms with Crippen LogP contribution in [0.1, 0.15) is 26.7 Å². The molecule has 0 fully saturated rings. The van der Waals surface area contributed by atoms with Crippen molar-refractivity contribution in [1.29, 1.82) is 0 Å². The van der Waals surface area contributed by atoms with Crippen LogP contribution in [-0.4, -0.2) is 64.7 Å². The summed E-state index contributed by atoms with van der Waals surface area (Å²) in [5.41, 5.74) is 5.42. The Morgan fingerprint density at radius 2 is 1.70 bits per heavy atom. The molecule has 0 saturated carbocycles. The molecule has 0 unspecified atom stereocenters. The van der Waals surface area contributed by atoms with Gasteiger partial charge in [0.15, 0.2) is 0 Å². The van der Waals surface area contributed by atoms with E-state index in [2.05, 4.69) is 10.6 Å². The third kappa shape index (κ3) is 8.77. The lowest BCUT2D eigenvalue weighted by molar-refractivity contribution is -0.142. The number of carboxylic acids is 1. The van der Waals surface area contributed by atoms with E-state index < -0.39 is 42.5 Å². The maximum absolute atomic E-state index is 12.3. The van der Waals surface area contributed by atoms with Crippen molar-refractivity contribution in [3.63, 3.8) is 0 Å². The number of thioether (sulfide) groups is 1. The molecular formula is C14H27N3O5S. The average Bonchev–Trinajstić information content (AvgIpc) is 2.48. The third-order valence-electron chi connectivity index (χ3n) is 3.10. The summed E-state index contributed by atoms with van der Waals surface area (Å²) in [6.45, 7) is 3.18. The van der Waals surface area contributed by atoms with Gasteiger partial charge in [-0.25, -0.2) is 4.79 Å². The number of aliphatic carboxylic acids is 1. The molecular weight excluding hydrogens is 322 g/mol. The molecule has 0 spiro atoms. The Hall–Kier alpha value is -1.32. The molecule has 134 valence electrons. The van der Waals surface area contributed by atoms with Gasteiger partial charge in [0.2, 0.25) is 11.8 Å². The van der Waals surface area contributed by atoms with Gasteiger partial charge in [-0.1, -0.05) is 13.8 Å². The number of nitrogens with one attached hydrogen (secondary N) is 2. The number of carbonyl (C=O) groups is 3. The SMILES string of the molecule is CSCC[C@H](NC(=O)[C@@H](N)CO)C(=O)N[C@@H](CC(C)C)C(=O)O. The first kappa shape index (κ1) is 21.7. The first-order chi connectivity index (χ1) is 10.7. The Bertz CT molecular complexity index is 406. The van der Waals surface area contributed by atoms with E-state index in [1.54, 1.807) is 0 Å². The summed E-state index contributed by atoms with van der Waals surface area (Å²) < 4.78 is 0. The van der Waals surface area contributed by atoms with Crippen molar-refractivity contribution in [3.05, 3.63) is 0 Å². The number of hydrogen-bond acceptors (Lipinski definition) is 6. The van der Waals surface area contributed by atoms with Crippen molar-refractivity contribution >= 4 is 29.5 Å².